The zero-order valence-electron chi connectivity index (χ0n) is 11.4. The molecule has 1 atom stereocenters. The number of hydrogen-bond acceptors (Lipinski definition) is 6. The Hall–Kier alpha value is -0.660. The van der Waals surface area contributed by atoms with Gasteiger partial charge in [0.2, 0.25) is 0 Å². The summed E-state index contributed by atoms with van der Waals surface area (Å²) in [5, 5.41) is 0. The van der Waals surface area contributed by atoms with Crippen LogP contribution in [0.3, 0.4) is 0 Å². The molecule has 0 heterocycles. The maximum Gasteiger partial charge on any atom is 0.323 e. The van der Waals surface area contributed by atoms with Crippen LogP contribution in [0.2, 0.25) is 0 Å². The van der Waals surface area contributed by atoms with Gasteiger partial charge < -0.3 is 10.5 Å². The smallest absolute Gasteiger partial charge is 0.323 e. The van der Waals surface area contributed by atoms with Gasteiger partial charge in [-0.25, -0.2) is 0 Å². The highest BCUT2D eigenvalue weighted by Crippen LogP contribution is 2.10. The molecule has 0 unspecified atom stereocenters. The third kappa shape index (κ3) is 10.5. The number of carbonyl (C=O) groups is 1. The largest absolute Gasteiger partial charge is 0.459 e. The molecule has 7 heteroatoms. The van der Waals surface area contributed by atoms with Crippen molar-refractivity contribution < 1.29 is 22.1 Å². The lowest BCUT2D eigenvalue weighted by Gasteiger charge is -2.22. The molecule has 108 valence electrons. The zero-order chi connectivity index (χ0) is 14.4. The molecule has 0 aromatic carbocycles. The van der Waals surface area contributed by atoms with E-state index >= 15 is 0 Å². The first-order valence-electron chi connectivity index (χ1n) is 5.84. The maximum absolute atomic E-state index is 11.5. The summed E-state index contributed by atoms with van der Waals surface area (Å²) >= 11 is 0. The molecular formula is C11H23NO5S. The topological polar surface area (TPSA) is 95.7 Å². The molecule has 0 amide bonds. The van der Waals surface area contributed by atoms with E-state index in [-0.39, 0.29) is 6.61 Å². The van der Waals surface area contributed by atoms with Crippen molar-refractivity contribution in [3.63, 3.8) is 0 Å². The molecule has 0 saturated carbocycles. The first kappa shape index (κ1) is 17.3. The highest BCUT2D eigenvalue weighted by Gasteiger charge is 2.21. The van der Waals surface area contributed by atoms with Crippen LogP contribution in [0, 0.1) is 0 Å². The van der Waals surface area contributed by atoms with Crippen LogP contribution in [0.15, 0.2) is 0 Å². The van der Waals surface area contributed by atoms with Crippen LogP contribution >= 0.6 is 0 Å². The first-order valence-corrected chi connectivity index (χ1v) is 7.66. The lowest BCUT2D eigenvalue weighted by Crippen LogP contribution is -2.37. The monoisotopic (exact) mass is 281 g/mol. The number of unbranched alkanes of at least 4 members (excludes halogenated alkanes) is 1. The Balaban J connectivity index is 3.77. The van der Waals surface area contributed by atoms with E-state index in [0.717, 1.165) is 6.26 Å². The third-order valence-electron chi connectivity index (χ3n) is 1.92. The lowest BCUT2D eigenvalue weighted by molar-refractivity contribution is -0.156. The predicted molar refractivity (Wildman–Crippen MR) is 68.5 cm³/mol. The molecule has 0 aliphatic rings. The summed E-state index contributed by atoms with van der Waals surface area (Å²) in [6.45, 7) is 5.44. The number of hydrogen-bond donors (Lipinski definition) is 1. The zero-order valence-corrected chi connectivity index (χ0v) is 12.2. The SMILES string of the molecule is CC(C)(C)OC(=O)[C@H](N)CCCCOS(C)(=O)=O. The fourth-order valence-electron chi connectivity index (χ4n) is 1.17. The van der Waals surface area contributed by atoms with Crippen LogP contribution in [0.1, 0.15) is 40.0 Å². The minimum atomic E-state index is -3.39. The number of esters is 1. The summed E-state index contributed by atoms with van der Waals surface area (Å²) in [6, 6.07) is -0.678. The molecule has 0 bridgehead atoms. The second-order valence-electron chi connectivity index (χ2n) is 5.16. The summed E-state index contributed by atoms with van der Waals surface area (Å²) in [6.07, 6.45) is 2.58. The highest BCUT2D eigenvalue weighted by molar-refractivity contribution is 7.85. The fraction of sp³-hybridized carbons (Fsp3) is 0.909. The molecule has 0 aliphatic carbocycles. The van der Waals surface area contributed by atoms with Crippen LogP contribution in [0.5, 0.6) is 0 Å². The van der Waals surface area contributed by atoms with Crippen molar-refractivity contribution in [3.8, 4) is 0 Å². The quantitative estimate of drug-likeness (QED) is 0.421. The van der Waals surface area contributed by atoms with Crippen LogP contribution in [-0.4, -0.2) is 38.9 Å². The molecule has 2 N–H and O–H groups in total. The van der Waals surface area contributed by atoms with Crippen molar-refractivity contribution in [2.75, 3.05) is 12.9 Å². The highest BCUT2D eigenvalue weighted by atomic mass is 32.2. The Kier molecular flexibility index (Phi) is 6.80. The summed E-state index contributed by atoms with van der Waals surface area (Å²) in [5.74, 6) is -0.438. The molecule has 18 heavy (non-hydrogen) atoms. The summed E-state index contributed by atoms with van der Waals surface area (Å²) in [4.78, 5) is 11.5. The predicted octanol–water partition coefficient (Wildman–Crippen LogP) is 0.802. The standard InChI is InChI=1S/C11H23NO5S/c1-11(2,3)17-10(13)9(12)7-5-6-8-16-18(4,14)15/h9H,5-8,12H2,1-4H3/t9-/m1/s1. The van der Waals surface area contributed by atoms with Gasteiger partial charge in [0.05, 0.1) is 12.9 Å². The van der Waals surface area contributed by atoms with E-state index in [0.29, 0.717) is 19.3 Å². The molecule has 0 aliphatic heterocycles. The normalized spacial score (nSPS) is 14.3. The number of carbonyl (C=O) groups excluding carboxylic acids is 1. The van der Waals surface area contributed by atoms with E-state index in [9.17, 15) is 13.2 Å². The van der Waals surface area contributed by atoms with Crippen LogP contribution in [-0.2, 0) is 23.8 Å². The molecule has 0 aromatic heterocycles. The van der Waals surface area contributed by atoms with Gasteiger partial charge in [-0.1, -0.05) is 0 Å². The second kappa shape index (κ2) is 7.06. The Labute approximate surface area is 109 Å². The van der Waals surface area contributed by atoms with Crippen molar-refractivity contribution in [1.82, 2.24) is 0 Å². The molecule has 0 saturated heterocycles. The van der Waals surface area contributed by atoms with Crippen molar-refractivity contribution in [2.45, 2.75) is 51.7 Å². The lowest BCUT2D eigenvalue weighted by atomic mass is 10.1. The fourth-order valence-corrected chi connectivity index (χ4v) is 1.59. The van der Waals surface area contributed by atoms with E-state index in [2.05, 4.69) is 4.18 Å². The molecular weight excluding hydrogens is 258 g/mol. The number of ether oxygens (including phenoxy) is 1. The van der Waals surface area contributed by atoms with Gasteiger partial charge in [-0.05, 0) is 40.0 Å². The van der Waals surface area contributed by atoms with Crippen LogP contribution < -0.4 is 5.73 Å². The molecule has 0 fully saturated rings. The van der Waals surface area contributed by atoms with E-state index < -0.39 is 27.7 Å². The number of nitrogens with two attached hydrogens (primary N) is 1. The van der Waals surface area contributed by atoms with Gasteiger partial charge in [0, 0.05) is 0 Å². The Morgan fingerprint density at radius 3 is 2.28 bits per heavy atom. The summed E-state index contributed by atoms with van der Waals surface area (Å²) in [7, 11) is -3.39. The van der Waals surface area contributed by atoms with Gasteiger partial charge in [-0.3, -0.25) is 8.98 Å². The van der Waals surface area contributed by atoms with Crippen molar-refractivity contribution >= 4 is 16.1 Å². The molecule has 6 nitrogen and oxygen atoms in total. The van der Waals surface area contributed by atoms with Gasteiger partial charge >= 0.3 is 5.97 Å². The Morgan fingerprint density at radius 1 is 1.28 bits per heavy atom. The van der Waals surface area contributed by atoms with E-state index in [1.165, 1.54) is 0 Å². The van der Waals surface area contributed by atoms with Gasteiger partial charge in [0.15, 0.2) is 0 Å². The molecule has 0 aromatic rings. The van der Waals surface area contributed by atoms with Gasteiger partial charge in [-0.15, -0.1) is 0 Å². The minimum absolute atomic E-state index is 0.111. The van der Waals surface area contributed by atoms with Crippen LogP contribution in [0.4, 0.5) is 0 Å². The molecule has 0 rings (SSSR count). The van der Waals surface area contributed by atoms with Crippen LogP contribution in [0.25, 0.3) is 0 Å². The number of rotatable bonds is 7. The maximum atomic E-state index is 11.5. The molecule has 0 spiro atoms. The van der Waals surface area contributed by atoms with E-state index in [1.54, 1.807) is 20.8 Å². The molecule has 0 radical (unpaired) electrons. The van der Waals surface area contributed by atoms with Crippen molar-refractivity contribution in [2.24, 2.45) is 5.73 Å². The minimum Gasteiger partial charge on any atom is -0.459 e. The van der Waals surface area contributed by atoms with Crippen molar-refractivity contribution in [3.05, 3.63) is 0 Å². The van der Waals surface area contributed by atoms with Gasteiger partial charge in [0.1, 0.15) is 11.6 Å². The van der Waals surface area contributed by atoms with Gasteiger partial charge in [-0.2, -0.15) is 8.42 Å². The van der Waals surface area contributed by atoms with Crippen molar-refractivity contribution in [1.29, 1.82) is 0 Å². The average Bonchev–Trinajstić information content (AvgIpc) is 2.12. The Morgan fingerprint density at radius 2 is 1.83 bits per heavy atom. The summed E-state index contributed by atoms with van der Waals surface area (Å²) < 4.78 is 31.0. The average molecular weight is 281 g/mol. The van der Waals surface area contributed by atoms with Gasteiger partial charge in [0.25, 0.3) is 10.1 Å². The van der Waals surface area contributed by atoms with E-state index in [4.69, 9.17) is 10.5 Å². The second-order valence-corrected chi connectivity index (χ2v) is 6.81. The third-order valence-corrected chi connectivity index (χ3v) is 2.51. The first-order chi connectivity index (χ1) is 8.01. The Bertz CT molecular complexity index is 358. The summed E-state index contributed by atoms with van der Waals surface area (Å²) in [5.41, 5.74) is 5.11. The van der Waals surface area contributed by atoms with E-state index in [1.807, 2.05) is 0 Å².